The van der Waals surface area contributed by atoms with E-state index in [1.807, 2.05) is 0 Å². The van der Waals surface area contributed by atoms with E-state index in [0.29, 0.717) is 0 Å². The van der Waals surface area contributed by atoms with Gasteiger partial charge in [-0.25, -0.2) is 4.98 Å². The van der Waals surface area contributed by atoms with Crippen molar-refractivity contribution < 1.29 is 0 Å². The maximum atomic E-state index is 4.98. The molecule has 0 aliphatic carbocycles. The third kappa shape index (κ3) is 1.98. The number of benzene rings is 1. The highest BCUT2D eigenvalue weighted by Gasteiger charge is 2.17. The molecule has 3 heterocycles. The van der Waals surface area contributed by atoms with Crippen LogP contribution in [0.25, 0.3) is 16.6 Å². The van der Waals surface area contributed by atoms with Gasteiger partial charge in [0.15, 0.2) is 5.82 Å². The van der Waals surface area contributed by atoms with Crippen molar-refractivity contribution in [3.8, 4) is 0 Å². The Morgan fingerprint density at radius 3 is 2.62 bits per heavy atom. The molecule has 0 radical (unpaired) electrons. The molecular weight excluding hydrogens is 260 g/mol. The molecule has 0 spiro atoms. The lowest BCUT2D eigenvalue weighted by Gasteiger charge is -2.29. The molecule has 21 heavy (non-hydrogen) atoms. The highest BCUT2D eigenvalue weighted by molar-refractivity contribution is 5.86. The maximum Gasteiger partial charge on any atom is 0.153 e. The van der Waals surface area contributed by atoms with Gasteiger partial charge in [-0.2, -0.15) is 0 Å². The summed E-state index contributed by atoms with van der Waals surface area (Å²) in [7, 11) is 0. The van der Waals surface area contributed by atoms with Gasteiger partial charge >= 0.3 is 0 Å². The number of aromatic nitrogens is 2. The molecule has 1 fully saturated rings. The monoisotopic (exact) mass is 280 g/mol. The van der Waals surface area contributed by atoms with E-state index >= 15 is 0 Å². The van der Waals surface area contributed by atoms with Crippen LogP contribution in [-0.4, -0.2) is 35.6 Å². The lowest BCUT2D eigenvalue weighted by Crippen LogP contribution is -2.44. The standard InChI is InChI=1S/C17H20N4/c1-12-10-14-16(11-13(12)2)21-7-3-4-15(21)17(19-14)20-8-5-18-6-9-20/h3-4,7,10-11,18H,5-6,8-9H2,1-2H3. The molecule has 108 valence electrons. The molecule has 0 saturated carbocycles. The quantitative estimate of drug-likeness (QED) is 0.743. The Morgan fingerprint density at radius 2 is 1.81 bits per heavy atom. The minimum absolute atomic E-state index is 1.02. The molecule has 1 aliphatic heterocycles. The summed E-state index contributed by atoms with van der Waals surface area (Å²) in [6, 6.07) is 8.72. The van der Waals surface area contributed by atoms with Crippen molar-refractivity contribution in [1.29, 1.82) is 0 Å². The predicted molar refractivity (Wildman–Crippen MR) is 87.3 cm³/mol. The summed E-state index contributed by atoms with van der Waals surface area (Å²) >= 11 is 0. The van der Waals surface area contributed by atoms with Crippen LogP contribution in [-0.2, 0) is 0 Å². The minimum Gasteiger partial charge on any atom is -0.352 e. The van der Waals surface area contributed by atoms with E-state index in [0.717, 1.165) is 37.5 Å². The lowest BCUT2D eigenvalue weighted by molar-refractivity contribution is 0.586. The molecule has 2 aromatic heterocycles. The van der Waals surface area contributed by atoms with Crippen LogP contribution < -0.4 is 10.2 Å². The number of fused-ring (bicyclic) bond motifs is 3. The molecule has 0 amide bonds. The Kier molecular flexibility index (Phi) is 2.86. The van der Waals surface area contributed by atoms with Gasteiger partial charge in [0.1, 0.15) is 0 Å². The molecule has 4 rings (SSSR count). The first-order chi connectivity index (χ1) is 10.2. The molecule has 3 aromatic rings. The summed E-state index contributed by atoms with van der Waals surface area (Å²) in [5.74, 6) is 1.11. The van der Waals surface area contributed by atoms with Crippen LogP contribution in [0.4, 0.5) is 5.82 Å². The zero-order valence-corrected chi connectivity index (χ0v) is 12.6. The number of nitrogens with zero attached hydrogens (tertiary/aromatic N) is 3. The summed E-state index contributed by atoms with van der Waals surface area (Å²) in [5.41, 5.74) is 6.09. The molecule has 1 saturated heterocycles. The number of aryl methyl sites for hydroxylation is 2. The number of hydrogen-bond donors (Lipinski definition) is 1. The zero-order chi connectivity index (χ0) is 14.4. The Balaban J connectivity index is 2.00. The Bertz CT molecular complexity index is 812. The second kappa shape index (κ2) is 4.74. The summed E-state index contributed by atoms with van der Waals surface area (Å²) < 4.78 is 2.27. The van der Waals surface area contributed by atoms with E-state index in [9.17, 15) is 0 Å². The van der Waals surface area contributed by atoms with Crippen molar-refractivity contribution >= 4 is 22.4 Å². The third-order valence-corrected chi connectivity index (χ3v) is 4.47. The van der Waals surface area contributed by atoms with Crippen molar-refractivity contribution in [3.05, 3.63) is 41.6 Å². The van der Waals surface area contributed by atoms with E-state index < -0.39 is 0 Å². The summed E-state index contributed by atoms with van der Waals surface area (Å²) in [6.07, 6.45) is 2.14. The molecule has 4 heteroatoms. The van der Waals surface area contributed by atoms with Crippen molar-refractivity contribution in [2.45, 2.75) is 13.8 Å². The second-order valence-corrected chi connectivity index (χ2v) is 5.86. The Hall–Kier alpha value is -2.07. The summed E-state index contributed by atoms with van der Waals surface area (Å²) in [4.78, 5) is 7.37. The number of anilines is 1. The van der Waals surface area contributed by atoms with E-state index in [-0.39, 0.29) is 0 Å². The molecule has 1 aliphatic rings. The van der Waals surface area contributed by atoms with Gasteiger partial charge < -0.3 is 14.6 Å². The van der Waals surface area contributed by atoms with E-state index in [4.69, 9.17) is 4.98 Å². The van der Waals surface area contributed by atoms with Crippen molar-refractivity contribution in [2.24, 2.45) is 0 Å². The van der Waals surface area contributed by atoms with Crippen LogP contribution in [0, 0.1) is 13.8 Å². The van der Waals surface area contributed by atoms with E-state index in [1.54, 1.807) is 0 Å². The van der Waals surface area contributed by atoms with Crippen molar-refractivity contribution in [2.75, 3.05) is 31.1 Å². The first-order valence-corrected chi connectivity index (χ1v) is 7.58. The molecule has 1 N–H and O–H groups in total. The van der Waals surface area contributed by atoms with Gasteiger partial charge in [0.25, 0.3) is 0 Å². The molecule has 0 unspecified atom stereocenters. The van der Waals surface area contributed by atoms with Crippen LogP contribution in [0.15, 0.2) is 30.5 Å². The predicted octanol–water partition coefficient (Wildman–Crippen LogP) is 2.51. The number of piperazine rings is 1. The van der Waals surface area contributed by atoms with Gasteiger partial charge in [-0.15, -0.1) is 0 Å². The van der Waals surface area contributed by atoms with Crippen LogP contribution in [0.5, 0.6) is 0 Å². The smallest absolute Gasteiger partial charge is 0.153 e. The van der Waals surface area contributed by atoms with Gasteiger partial charge in [-0.3, -0.25) is 0 Å². The fourth-order valence-corrected chi connectivity index (χ4v) is 3.12. The molecule has 4 nitrogen and oxygen atoms in total. The van der Waals surface area contributed by atoms with E-state index in [2.05, 4.69) is 58.9 Å². The average molecular weight is 280 g/mol. The van der Waals surface area contributed by atoms with Gasteiger partial charge in [0, 0.05) is 32.4 Å². The lowest BCUT2D eigenvalue weighted by atomic mass is 10.1. The third-order valence-electron chi connectivity index (χ3n) is 4.47. The topological polar surface area (TPSA) is 32.6 Å². The van der Waals surface area contributed by atoms with Crippen molar-refractivity contribution in [3.63, 3.8) is 0 Å². The zero-order valence-electron chi connectivity index (χ0n) is 12.6. The number of hydrogen-bond acceptors (Lipinski definition) is 3. The maximum absolute atomic E-state index is 4.98. The van der Waals surface area contributed by atoms with Crippen molar-refractivity contribution in [1.82, 2.24) is 14.7 Å². The SMILES string of the molecule is Cc1cc2nc(N3CCNCC3)c3cccn3c2cc1C. The van der Waals surface area contributed by atoms with Crippen LogP contribution in [0.1, 0.15) is 11.1 Å². The van der Waals surface area contributed by atoms with Gasteiger partial charge in [-0.05, 0) is 49.2 Å². The van der Waals surface area contributed by atoms with Gasteiger partial charge in [0.05, 0.1) is 16.6 Å². The highest BCUT2D eigenvalue weighted by atomic mass is 15.2. The Labute approximate surface area is 124 Å². The first-order valence-electron chi connectivity index (χ1n) is 7.58. The van der Waals surface area contributed by atoms with E-state index in [1.165, 1.54) is 22.2 Å². The highest BCUT2D eigenvalue weighted by Crippen LogP contribution is 2.27. The van der Waals surface area contributed by atoms with Gasteiger partial charge in [0.2, 0.25) is 0 Å². The first kappa shape index (κ1) is 12.7. The molecule has 0 bridgehead atoms. The largest absolute Gasteiger partial charge is 0.352 e. The van der Waals surface area contributed by atoms with Gasteiger partial charge in [-0.1, -0.05) is 0 Å². The fourth-order valence-electron chi connectivity index (χ4n) is 3.12. The average Bonchev–Trinajstić information content (AvgIpc) is 2.99. The van der Waals surface area contributed by atoms with Crippen LogP contribution in [0.3, 0.4) is 0 Å². The number of rotatable bonds is 1. The Morgan fingerprint density at radius 1 is 1.05 bits per heavy atom. The normalized spacial score (nSPS) is 16.0. The molecule has 1 aromatic carbocycles. The van der Waals surface area contributed by atoms with Crippen LogP contribution in [0.2, 0.25) is 0 Å². The fraction of sp³-hybridized carbons (Fsp3) is 0.353. The van der Waals surface area contributed by atoms with Crippen LogP contribution >= 0.6 is 0 Å². The second-order valence-electron chi connectivity index (χ2n) is 5.86. The summed E-state index contributed by atoms with van der Waals surface area (Å²) in [5, 5.41) is 3.40. The summed E-state index contributed by atoms with van der Waals surface area (Å²) in [6.45, 7) is 8.41. The number of nitrogens with one attached hydrogen (secondary N) is 1. The minimum atomic E-state index is 1.02. The molecular formula is C17H20N4. The molecule has 0 atom stereocenters.